The van der Waals surface area contributed by atoms with Gasteiger partial charge in [-0.25, -0.2) is 9.97 Å². The minimum Gasteiger partial charge on any atom is -0.341 e. The van der Waals surface area contributed by atoms with Crippen molar-refractivity contribution in [3.8, 4) is 0 Å². The third-order valence-electron chi connectivity index (χ3n) is 4.83. The molecule has 5 nitrogen and oxygen atoms in total. The van der Waals surface area contributed by atoms with Crippen LogP contribution in [0.1, 0.15) is 37.6 Å². The second-order valence-corrected chi connectivity index (χ2v) is 6.30. The van der Waals surface area contributed by atoms with Crippen molar-refractivity contribution in [3.05, 3.63) is 60.2 Å². The lowest BCUT2D eigenvalue weighted by Gasteiger charge is -2.28. The van der Waals surface area contributed by atoms with E-state index in [2.05, 4.69) is 47.9 Å². The van der Waals surface area contributed by atoms with Gasteiger partial charge in [0.15, 0.2) is 0 Å². The maximum Gasteiger partial charge on any atom is 0.124 e. The minimum atomic E-state index is 0.153. The van der Waals surface area contributed by atoms with Gasteiger partial charge in [0.25, 0.3) is 0 Å². The lowest BCUT2D eigenvalue weighted by atomic mass is 10.2. The summed E-state index contributed by atoms with van der Waals surface area (Å²) in [7, 11) is 2.11. The monoisotopic (exact) mass is 319 g/mol. The van der Waals surface area contributed by atoms with E-state index in [9.17, 15) is 0 Å². The highest BCUT2D eigenvalue weighted by Gasteiger charge is 2.23. The Morgan fingerprint density at radius 3 is 1.58 bits per heavy atom. The average molecular weight is 319 g/mol. The Bertz CT molecular complexity index is 837. The molecule has 0 aliphatic heterocycles. The smallest absolute Gasteiger partial charge is 0.124 e. The maximum absolute atomic E-state index is 4.72. The summed E-state index contributed by atoms with van der Waals surface area (Å²) >= 11 is 0. The van der Waals surface area contributed by atoms with Crippen LogP contribution in [0.15, 0.2) is 48.5 Å². The number of para-hydroxylation sites is 4. The van der Waals surface area contributed by atoms with E-state index < -0.39 is 0 Å². The highest BCUT2D eigenvalue weighted by Crippen LogP contribution is 2.28. The Balaban J connectivity index is 1.62. The lowest BCUT2D eigenvalue weighted by Crippen LogP contribution is -2.27. The Labute approximate surface area is 140 Å². The molecule has 2 N–H and O–H groups in total. The number of benzene rings is 2. The molecule has 0 aliphatic rings. The standard InChI is InChI=1S/C19H21N5/c1-12(18-20-14-8-4-5-9-15(14)21-18)24(3)13(2)19-22-16-10-6-7-11-17(16)23-19/h4-13H,1-3H3,(H,20,21)(H,22,23). The first-order chi connectivity index (χ1) is 11.6. The third-order valence-corrected chi connectivity index (χ3v) is 4.83. The Morgan fingerprint density at radius 1 is 0.750 bits per heavy atom. The topological polar surface area (TPSA) is 60.6 Å². The molecule has 0 radical (unpaired) electrons. The van der Waals surface area contributed by atoms with Gasteiger partial charge in [-0.05, 0) is 45.2 Å². The van der Waals surface area contributed by atoms with Gasteiger partial charge in [-0.3, -0.25) is 4.90 Å². The molecule has 2 heterocycles. The van der Waals surface area contributed by atoms with Crippen LogP contribution in [-0.2, 0) is 0 Å². The SMILES string of the molecule is CC(c1nc2ccccc2[nH]1)N(C)C(C)c1nc2ccccc2[nH]1. The van der Waals surface area contributed by atoms with Crippen LogP contribution < -0.4 is 0 Å². The molecule has 2 atom stereocenters. The summed E-state index contributed by atoms with van der Waals surface area (Å²) in [6.45, 7) is 4.33. The summed E-state index contributed by atoms with van der Waals surface area (Å²) < 4.78 is 0. The molecule has 0 fully saturated rings. The van der Waals surface area contributed by atoms with Crippen molar-refractivity contribution in [2.75, 3.05) is 7.05 Å². The molecule has 5 heteroatoms. The van der Waals surface area contributed by atoms with Gasteiger partial charge >= 0.3 is 0 Å². The quantitative estimate of drug-likeness (QED) is 0.593. The Hall–Kier alpha value is -2.66. The van der Waals surface area contributed by atoms with Crippen LogP contribution >= 0.6 is 0 Å². The van der Waals surface area contributed by atoms with Crippen LogP contribution in [0.25, 0.3) is 22.1 Å². The molecular weight excluding hydrogens is 298 g/mol. The predicted molar refractivity (Wildman–Crippen MR) is 96.8 cm³/mol. The number of H-pyrrole nitrogens is 2. The molecule has 4 aromatic rings. The molecule has 2 aromatic heterocycles. The first kappa shape index (κ1) is 14.9. The third kappa shape index (κ3) is 2.47. The van der Waals surface area contributed by atoms with Crippen LogP contribution in [0, 0.1) is 0 Å². The average Bonchev–Trinajstić information content (AvgIpc) is 3.23. The largest absolute Gasteiger partial charge is 0.341 e. The van der Waals surface area contributed by atoms with Gasteiger partial charge in [0.2, 0.25) is 0 Å². The van der Waals surface area contributed by atoms with Crippen molar-refractivity contribution in [2.24, 2.45) is 0 Å². The Kier molecular flexibility index (Phi) is 3.58. The van der Waals surface area contributed by atoms with E-state index in [1.165, 1.54) is 0 Å². The van der Waals surface area contributed by atoms with Crippen molar-refractivity contribution in [1.29, 1.82) is 0 Å². The molecular formula is C19H21N5. The molecule has 0 bridgehead atoms. The zero-order valence-electron chi connectivity index (χ0n) is 14.1. The molecule has 4 rings (SSSR count). The first-order valence-electron chi connectivity index (χ1n) is 8.24. The van der Waals surface area contributed by atoms with Gasteiger partial charge in [-0.1, -0.05) is 24.3 Å². The van der Waals surface area contributed by atoms with E-state index in [1.54, 1.807) is 0 Å². The van der Waals surface area contributed by atoms with Crippen LogP contribution in [0.5, 0.6) is 0 Å². The fourth-order valence-corrected chi connectivity index (χ4v) is 3.06. The minimum absolute atomic E-state index is 0.153. The van der Waals surface area contributed by atoms with E-state index in [-0.39, 0.29) is 12.1 Å². The second kappa shape index (κ2) is 5.76. The normalized spacial score (nSPS) is 14.5. The van der Waals surface area contributed by atoms with E-state index in [0.717, 1.165) is 33.7 Å². The van der Waals surface area contributed by atoms with Crippen molar-refractivity contribution < 1.29 is 0 Å². The van der Waals surface area contributed by atoms with Gasteiger partial charge < -0.3 is 9.97 Å². The fourth-order valence-electron chi connectivity index (χ4n) is 3.06. The van der Waals surface area contributed by atoms with Crippen molar-refractivity contribution in [1.82, 2.24) is 24.8 Å². The van der Waals surface area contributed by atoms with Crippen LogP contribution in [-0.4, -0.2) is 31.9 Å². The van der Waals surface area contributed by atoms with Gasteiger partial charge in [-0.15, -0.1) is 0 Å². The summed E-state index contributed by atoms with van der Waals surface area (Å²) in [5, 5.41) is 0. The van der Waals surface area contributed by atoms with E-state index in [1.807, 2.05) is 36.4 Å². The molecule has 2 aromatic carbocycles. The van der Waals surface area contributed by atoms with E-state index >= 15 is 0 Å². The zero-order valence-corrected chi connectivity index (χ0v) is 14.1. The van der Waals surface area contributed by atoms with E-state index in [0.29, 0.717) is 0 Å². The molecule has 24 heavy (non-hydrogen) atoms. The van der Waals surface area contributed by atoms with Crippen molar-refractivity contribution in [2.45, 2.75) is 25.9 Å². The highest BCUT2D eigenvalue weighted by molar-refractivity contribution is 5.75. The number of hydrogen-bond acceptors (Lipinski definition) is 3. The van der Waals surface area contributed by atoms with Crippen molar-refractivity contribution >= 4 is 22.1 Å². The molecule has 0 aliphatic carbocycles. The van der Waals surface area contributed by atoms with Crippen molar-refractivity contribution in [3.63, 3.8) is 0 Å². The zero-order chi connectivity index (χ0) is 16.7. The highest BCUT2D eigenvalue weighted by atomic mass is 15.2. The molecule has 2 unspecified atom stereocenters. The lowest BCUT2D eigenvalue weighted by molar-refractivity contribution is 0.187. The number of hydrogen-bond donors (Lipinski definition) is 2. The van der Waals surface area contributed by atoms with Gasteiger partial charge in [-0.2, -0.15) is 0 Å². The molecule has 122 valence electrons. The number of nitrogens with zero attached hydrogens (tertiary/aromatic N) is 3. The molecule has 0 saturated carbocycles. The molecule has 0 spiro atoms. The van der Waals surface area contributed by atoms with Crippen LogP contribution in [0.4, 0.5) is 0 Å². The fraction of sp³-hybridized carbons (Fsp3) is 0.263. The Morgan fingerprint density at radius 2 is 1.17 bits per heavy atom. The first-order valence-corrected chi connectivity index (χ1v) is 8.24. The van der Waals surface area contributed by atoms with Crippen LogP contribution in [0.2, 0.25) is 0 Å². The summed E-state index contributed by atoms with van der Waals surface area (Å²) in [4.78, 5) is 18.6. The predicted octanol–water partition coefficient (Wildman–Crippen LogP) is 4.19. The summed E-state index contributed by atoms with van der Waals surface area (Å²) in [6, 6.07) is 16.6. The number of aromatic nitrogens is 4. The maximum atomic E-state index is 4.72. The second-order valence-electron chi connectivity index (χ2n) is 6.30. The molecule has 0 saturated heterocycles. The number of aromatic amines is 2. The summed E-state index contributed by atoms with van der Waals surface area (Å²) in [6.07, 6.45) is 0. The summed E-state index contributed by atoms with van der Waals surface area (Å²) in [5.74, 6) is 1.95. The van der Waals surface area contributed by atoms with Gasteiger partial charge in [0, 0.05) is 0 Å². The number of fused-ring (bicyclic) bond motifs is 2. The van der Waals surface area contributed by atoms with Gasteiger partial charge in [0.05, 0.1) is 34.2 Å². The number of imidazole rings is 2. The van der Waals surface area contributed by atoms with Crippen LogP contribution in [0.3, 0.4) is 0 Å². The summed E-state index contributed by atoms with van der Waals surface area (Å²) in [5.41, 5.74) is 4.15. The van der Waals surface area contributed by atoms with E-state index in [4.69, 9.17) is 9.97 Å². The number of rotatable bonds is 4. The molecule has 0 amide bonds. The number of nitrogens with one attached hydrogen (secondary N) is 2. The van der Waals surface area contributed by atoms with Gasteiger partial charge in [0.1, 0.15) is 11.6 Å².